The molecule has 0 saturated carbocycles. The van der Waals surface area contributed by atoms with E-state index in [1.54, 1.807) is 0 Å². The lowest BCUT2D eigenvalue weighted by Gasteiger charge is -2.32. The second-order valence-electron chi connectivity index (χ2n) is 7.58. The number of sulfonamides is 1. The van der Waals surface area contributed by atoms with Gasteiger partial charge in [0.25, 0.3) is 0 Å². The van der Waals surface area contributed by atoms with Crippen molar-refractivity contribution in [2.75, 3.05) is 20.1 Å². The third kappa shape index (κ3) is 4.65. The second kappa shape index (κ2) is 9.33. The van der Waals surface area contributed by atoms with E-state index in [-0.39, 0.29) is 35.0 Å². The molecule has 32 heavy (non-hydrogen) atoms. The number of halogens is 2. The van der Waals surface area contributed by atoms with E-state index in [4.69, 9.17) is 4.52 Å². The molecule has 2 heterocycles. The van der Waals surface area contributed by atoms with E-state index in [1.807, 2.05) is 0 Å². The van der Waals surface area contributed by atoms with Crippen LogP contribution in [0.15, 0.2) is 27.6 Å². The zero-order valence-electron chi connectivity index (χ0n) is 17.8. The van der Waals surface area contributed by atoms with Gasteiger partial charge in [-0.2, -0.15) is 4.31 Å². The van der Waals surface area contributed by atoms with Gasteiger partial charge in [-0.05, 0) is 44.4 Å². The van der Waals surface area contributed by atoms with Gasteiger partial charge in [0.1, 0.15) is 16.6 Å². The van der Waals surface area contributed by atoms with Crippen LogP contribution in [-0.2, 0) is 19.6 Å². The van der Waals surface area contributed by atoms with Crippen molar-refractivity contribution in [3.05, 3.63) is 46.9 Å². The first-order chi connectivity index (χ1) is 15.1. The normalized spacial score (nSPS) is 18.2. The van der Waals surface area contributed by atoms with E-state index >= 15 is 0 Å². The van der Waals surface area contributed by atoms with Gasteiger partial charge >= 0.3 is 0 Å². The average Bonchev–Trinajstić information content (AvgIpc) is 3.12. The third-order valence-electron chi connectivity index (χ3n) is 5.39. The minimum absolute atomic E-state index is 0.0245. The summed E-state index contributed by atoms with van der Waals surface area (Å²) in [7, 11) is -2.58. The van der Waals surface area contributed by atoms with Crippen molar-refractivity contribution in [3.8, 4) is 0 Å². The molecule has 2 unspecified atom stereocenters. The highest BCUT2D eigenvalue weighted by Gasteiger charge is 2.37. The molecule has 2 aromatic rings. The van der Waals surface area contributed by atoms with Crippen LogP contribution >= 0.6 is 0 Å². The predicted octanol–water partition coefficient (Wildman–Crippen LogP) is 1.57. The maximum atomic E-state index is 13.7. The first-order valence-corrected chi connectivity index (χ1v) is 11.4. The van der Waals surface area contributed by atoms with Crippen LogP contribution in [0.2, 0.25) is 0 Å². The van der Waals surface area contributed by atoms with Crippen molar-refractivity contribution in [2.24, 2.45) is 5.92 Å². The van der Waals surface area contributed by atoms with E-state index in [2.05, 4.69) is 15.8 Å². The van der Waals surface area contributed by atoms with Gasteiger partial charge in [-0.3, -0.25) is 9.59 Å². The average molecular weight is 470 g/mol. The fourth-order valence-electron chi connectivity index (χ4n) is 3.74. The van der Waals surface area contributed by atoms with Gasteiger partial charge in [-0.25, -0.2) is 17.2 Å². The molecule has 0 bridgehead atoms. The second-order valence-corrected chi connectivity index (χ2v) is 9.46. The molecule has 174 valence electrons. The lowest BCUT2D eigenvalue weighted by molar-refractivity contribution is -0.131. The van der Waals surface area contributed by atoms with Crippen LogP contribution in [0.25, 0.3) is 0 Å². The van der Waals surface area contributed by atoms with Crippen molar-refractivity contribution in [2.45, 2.75) is 37.6 Å². The number of carbonyl (C=O) groups excluding carboxylic acids is 2. The molecule has 0 aliphatic carbocycles. The summed E-state index contributed by atoms with van der Waals surface area (Å²) >= 11 is 0. The molecule has 1 fully saturated rings. The molecule has 2 atom stereocenters. The number of amides is 2. The highest BCUT2D eigenvalue weighted by Crippen LogP contribution is 2.28. The molecular weight excluding hydrogens is 446 g/mol. The van der Waals surface area contributed by atoms with Crippen LogP contribution in [0.4, 0.5) is 8.78 Å². The van der Waals surface area contributed by atoms with Gasteiger partial charge in [0.2, 0.25) is 21.8 Å². The Kier molecular flexibility index (Phi) is 6.94. The molecule has 1 aromatic carbocycles. The highest BCUT2D eigenvalue weighted by atomic mass is 32.2. The number of likely N-dealkylation sites (N-methyl/N-ethyl adjacent to an activating group) is 1. The summed E-state index contributed by atoms with van der Waals surface area (Å²) in [5.41, 5.74) is 0.291. The largest absolute Gasteiger partial charge is 0.360 e. The van der Waals surface area contributed by atoms with Crippen LogP contribution in [0, 0.1) is 31.4 Å². The maximum absolute atomic E-state index is 13.7. The summed E-state index contributed by atoms with van der Waals surface area (Å²) < 4.78 is 59.3. The van der Waals surface area contributed by atoms with Crippen LogP contribution in [0.5, 0.6) is 0 Å². The first kappa shape index (κ1) is 23.8. The van der Waals surface area contributed by atoms with Crippen LogP contribution in [0.3, 0.4) is 0 Å². The molecule has 0 radical (unpaired) electrons. The number of aromatic nitrogens is 1. The topological polar surface area (TPSA) is 122 Å². The molecular formula is C20H24F2N4O5S. The fourth-order valence-corrected chi connectivity index (χ4v) is 5.56. The summed E-state index contributed by atoms with van der Waals surface area (Å²) in [6.45, 7) is 3.14. The number of benzene rings is 1. The molecule has 1 aromatic heterocycles. The Morgan fingerprint density at radius 3 is 2.56 bits per heavy atom. The van der Waals surface area contributed by atoms with Gasteiger partial charge in [-0.15, -0.1) is 0 Å². The van der Waals surface area contributed by atoms with Gasteiger partial charge in [0, 0.05) is 20.1 Å². The van der Waals surface area contributed by atoms with Gasteiger partial charge in [-0.1, -0.05) is 11.2 Å². The van der Waals surface area contributed by atoms with Crippen molar-refractivity contribution < 1.29 is 31.3 Å². The Bertz CT molecular complexity index is 1120. The Morgan fingerprint density at radius 1 is 1.25 bits per heavy atom. The number of piperidine rings is 1. The number of nitrogens with zero attached hydrogens (tertiary/aromatic N) is 2. The number of carbonyl (C=O) groups is 2. The smallest absolute Gasteiger partial charge is 0.248 e. The quantitative estimate of drug-likeness (QED) is 0.661. The number of aryl methyl sites for hydroxylation is 2. The molecule has 12 heteroatoms. The van der Waals surface area contributed by atoms with E-state index in [0.29, 0.717) is 12.8 Å². The van der Waals surface area contributed by atoms with Gasteiger partial charge in [0.15, 0.2) is 17.4 Å². The van der Waals surface area contributed by atoms with Crippen molar-refractivity contribution in [1.82, 2.24) is 20.1 Å². The standard InChI is InChI=1S/C20H24F2N4O5S/c1-11-18(12(2)31-25-11)32(29,30)26-8-4-5-14(10-26)19(27)24-17(20(28)23-3)13-6-7-15(21)16(22)9-13/h6-7,9,14,17H,4-5,8,10H2,1-3H3,(H,23,28)(H,24,27). The van der Waals surface area contributed by atoms with Crippen molar-refractivity contribution in [1.29, 1.82) is 0 Å². The van der Waals surface area contributed by atoms with E-state index < -0.39 is 45.4 Å². The number of rotatable bonds is 6. The number of hydrogen-bond donors (Lipinski definition) is 2. The SMILES string of the molecule is CNC(=O)C(NC(=O)C1CCCN(S(=O)(=O)c2c(C)noc2C)C1)c1ccc(F)c(F)c1. The lowest BCUT2D eigenvalue weighted by atomic mass is 9.97. The Balaban J connectivity index is 1.80. The summed E-state index contributed by atoms with van der Waals surface area (Å²) in [5.74, 6) is -4.01. The lowest BCUT2D eigenvalue weighted by Crippen LogP contribution is -2.48. The molecule has 1 aliphatic heterocycles. The number of nitrogens with one attached hydrogen (secondary N) is 2. The monoisotopic (exact) mass is 470 g/mol. The molecule has 9 nitrogen and oxygen atoms in total. The van der Waals surface area contributed by atoms with E-state index in [1.165, 1.54) is 31.3 Å². The Labute approximate surface area is 184 Å². The number of hydrogen-bond acceptors (Lipinski definition) is 6. The fraction of sp³-hybridized carbons (Fsp3) is 0.450. The Hall–Kier alpha value is -2.86. The summed E-state index contributed by atoms with van der Waals surface area (Å²) in [5, 5.41) is 8.60. The molecule has 3 rings (SSSR count). The minimum atomic E-state index is -3.93. The minimum Gasteiger partial charge on any atom is -0.360 e. The third-order valence-corrected chi connectivity index (χ3v) is 7.50. The molecule has 1 saturated heterocycles. The first-order valence-electron chi connectivity index (χ1n) is 9.96. The molecule has 0 spiro atoms. The zero-order valence-corrected chi connectivity index (χ0v) is 18.6. The van der Waals surface area contributed by atoms with E-state index in [9.17, 15) is 26.8 Å². The summed E-state index contributed by atoms with van der Waals surface area (Å²) in [6.07, 6.45) is 0.828. The predicted molar refractivity (Wildman–Crippen MR) is 109 cm³/mol. The van der Waals surface area contributed by atoms with Gasteiger partial charge < -0.3 is 15.2 Å². The molecule has 1 aliphatic rings. The van der Waals surface area contributed by atoms with Crippen LogP contribution < -0.4 is 10.6 Å². The van der Waals surface area contributed by atoms with E-state index in [0.717, 1.165) is 12.1 Å². The molecule has 2 N–H and O–H groups in total. The van der Waals surface area contributed by atoms with Crippen LogP contribution in [-0.4, -0.2) is 49.8 Å². The summed E-state index contributed by atoms with van der Waals surface area (Å²) in [6, 6.07) is 1.64. The van der Waals surface area contributed by atoms with Crippen molar-refractivity contribution >= 4 is 21.8 Å². The molecule has 2 amide bonds. The maximum Gasteiger partial charge on any atom is 0.248 e. The van der Waals surface area contributed by atoms with Crippen LogP contribution in [0.1, 0.15) is 35.9 Å². The highest BCUT2D eigenvalue weighted by molar-refractivity contribution is 7.89. The zero-order chi connectivity index (χ0) is 23.6. The summed E-state index contributed by atoms with van der Waals surface area (Å²) in [4.78, 5) is 25.2. The Morgan fingerprint density at radius 2 is 1.97 bits per heavy atom. The van der Waals surface area contributed by atoms with Crippen molar-refractivity contribution in [3.63, 3.8) is 0 Å². The van der Waals surface area contributed by atoms with Gasteiger partial charge in [0.05, 0.1) is 5.92 Å².